The number of nitrogens with one attached hydrogen (secondary N) is 2. The highest BCUT2D eigenvalue weighted by Gasteiger charge is 2.16. The zero-order valence-corrected chi connectivity index (χ0v) is 12.1. The van der Waals surface area contributed by atoms with E-state index in [0.29, 0.717) is 12.1 Å². The molecule has 1 atom stereocenters. The number of guanidine groups is 1. The molecule has 1 saturated carbocycles. The molecule has 0 spiro atoms. The van der Waals surface area contributed by atoms with Gasteiger partial charge in [0.15, 0.2) is 5.96 Å². The first-order valence-electron chi connectivity index (χ1n) is 7.60. The van der Waals surface area contributed by atoms with Crippen LogP contribution in [0.15, 0.2) is 29.3 Å². The van der Waals surface area contributed by atoms with Crippen LogP contribution >= 0.6 is 0 Å². The van der Waals surface area contributed by atoms with Crippen molar-refractivity contribution in [2.45, 2.75) is 51.3 Å². The lowest BCUT2D eigenvalue weighted by atomic mass is 10.2. The number of nitrogens with zero attached hydrogens (tertiary/aromatic N) is 1. The quantitative estimate of drug-likeness (QED) is 0.885. The third-order valence-corrected chi connectivity index (χ3v) is 3.89. The second-order valence-corrected chi connectivity index (χ2v) is 5.76. The van der Waals surface area contributed by atoms with E-state index in [-0.39, 0.29) is 0 Å². The SMILES string of the molecule is CC1CN=C(NCc2ccc(OC3CCCC3)cc2)N1. The molecule has 1 aromatic rings. The van der Waals surface area contributed by atoms with Gasteiger partial charge in [-0.2, -0.15) is 0 Å². The zero-order valence-electron chi connectivity index (χ0n) is 12.1. The molecule has 4 nitrogen and oxygen atoms in total. The highest BCUT2D eigenvalue weighted by molar-refractivity contribution is 5.81. The summed E-state index contributed by atoms with van der Waals surface area (Å²) in [5.74, 6) is 1.90. The lowest BCUT2D eigenvalue weighted by Gasteiger charge is -2.13. The minimum atomic E-state index is 0.428. The van der Waals surface area contributed by atoms with Gasteiger partial charge in [0, 0.05) is 12.6 Å². The number of benzene rings is 1. The molecule has 0 amide bonds. The van der Waals surface area contributed by atoms with Crippen LogP contribution in [-0.2, 0) is 6.54 Å². The second kappa shape index (κ2) is 6.16. The van der Waals surface area contributed by atoms with Crippen LogP contribution in [0, 0.1) is 0 Å². The summed E-state index contributed by atoms with van der Waals surface area (Å²) in [5, 5.41) is 6.62. The van der Waals surface area contributed by atoms with Gasteiger partial charge in [-0.1, -0.05) is 12.1 Å². The normalized spacial score (nSPS) is 22.4. The van der Waals surface area contributed by atoms with E-state index in [4.69, 9.17) is 4.74 Å². The van der Waals surface area contributed by atoms with E-state index < -0.39 is 0 Å². The van der Waals surface area contributed by atoms with Crippen molar-refractivity contribution in [2.75, 3.05) is 6.54 Å². The standard InChI is InChI=1S/C16H23N3O/c1-12-10-17-16(19-12)18-11-13-6-8-15(9-7-13)20-14-4-2-3-5-14/h6-9,12,14H,2-5,10-11H2,1H3,(H2,17,18,19). The summed E-state index contributed by atoms with van der Waals surface area (Å²) >= 11 is 0. The minimum Gasteiger partial charge on any atom is -0.490 e. The third kappa shape index (κ3) is 3.44. The van der Waals surface area contributed by atoms with E-state index in [0.717, 1.165) is 24.8 Å². The maximum absolute atomic E-state index is 5.97. The second-order valence-electron chi connectivity index (χ2n) is 5.76. The molecule has 1 aliphatic carbocycles. The molecule has 3 rings (SSSR count). The van der Waals surface area contributed by atoms with Crippen molar-refractivity contribution < 1.29 is 4.74 Å². The Hall–Kier alpha value is -1.71. The summed E-state index contributed by atoms with van der Waals surface area (Å²) in [6.45, 7) is 3.78. The van der Waals surface area contributed by atoms with Crippen LogP contribution in [0.25, 0.3) is 0 Å². The van der Waals surface area contributed by atoms with Gasteiger partial charge in [0.1, 0.15) is 5.75 Å². The Morgan fingerprint density at radius 1 is 1.25 bits per heavy atom. The first kappa shape index (κ1) is 13.3. The number of hydrogen-bond donors (Lipinski definition) is 2. The van der Waals surface area contributed by atoms with Gasteiger partial charge in [0.25, 0.3) is 0 Å². The molecule has 108 valence electrons. The topological polar surface area (TPSA) is 45.7 Å². The predicted octanol–water partition coefficient (Wildman–Crippen LogP) is 2.45. The molecule has 1 aliphatic heterocycles. The Morgan fingerprint density at radius 3 is 2.65 bits per heavy atom. The first-order chi connectivity index (χ1) is 9.79. The van der Waals surface area contributed by atoms with Crippen molar-refractivity contribution in [2.24, 2.45) is 4.99 Å². The molecule has 1 aromatic carbocycles. The Bertz CT molecular complexity index is 463. The van der Waals surface area contributed by atoms with Crippen LogP contribution in [0.5, 0.6) is 5.75 Å². The molecule has 20 heavy (non-hydrogen) atoms. The van der Waals surface area contributed by atoms with E-state index in [1.165, 1.54) is 31.2 Å². The molecule has 2 aliphatic rings. The lowest BCUT2D eigenvalue weighted by Crippen LogP contribution is -2.37. The average molecular weight is 273 g/mol. The number of aliphatic imine (C=N–C) groups is 1. The van der Waals surface area contributed by atoms with E-state index >= 15 is 0 Å². The van der Waals surface area contributed by atoms with Crippen LogP contribution in [0.2, 0.25) is 0 Å². The molecule has 2 N–H and O–H groups in total. The molecular formula is C16H23N3O. The maximum atomic E-state index is 5.97. The average Bonchev–Trinajstić information content (AvgIpc) is 3.10. The lowest BCUT2D eigenvalue weighted by molar-refractivity contribution is 0.210. The molecule has 0 radical (unpaired) electrons. The van der Waals surface area contributed by atoms with Gasteiger partial charge in [-0.3, -0.25) is 4.99 Å². The van der Waals surface area contributed by atoms with Crippen LogP contribution < -0.4 is 15.4 Å². The monoisotopic (exact) mass is 273 g/mol. The zero-order chi connectivity index (χ0) is 13.8. The van der Waals surface area contributed by atoms with Crippen LogP contribution in [0.4, 0.5) is 0 Å². The Morgan fingerprint density at radius 2 is 2.00 bits per heavy atom. The highest BCUT2D eigenvalue weighted by Crippen LogP contribution is 2.24. The fourth-order valence-electron chi connectivity index (χ4n) is 2.73. The summed E-state index contributed by atoms with van der Waals surface area (Å²) < 4.78 is 5.97. The highest BCUT2D eigenvalue weighted by atomic mass is 16.5. The van der Waals surface area contributed by atoms with Crippen molar-refractivity contribution in [3.8, 4) is 5.75 Å². The smallest absolute Gasteiger partial charge is 0.191 e. The van der Waals surface area contributed by atoms with Gasteiger partial charge in [0.2, 0.25) is 0 Å². The summed E-state index contributed by atoms with van der Waals surface area (Å²) in [6, 6.07) is 8.83. The van der Waals surface area contributed by atoms with Gasteiger partial charge in [0.05, 0.1) is 12.6 Å². The fourth-order valence-corrected chi connectivity index (χ4v) is 2.73. The number of rotatable bonds is 4. The van der Waals surface area contributed by atoms with Gasteiger partial charge < -0.3 is 15.4 Å². The van der Waals surface area contributed by atoms with Gasteiger partial charge in [-0.05, 0) is 50.3 Å². The van der Waals surface area contributed by atoms with E-state index in [1.807, 2.05) is 0 Å². The predicted molar refractivity (Wildman–Crippen MR) is 81.1 cm³/mol. The minimum absolute atomic E-state index is 0.428. The van der Waals surface area contributed by atoms with E-state index in [1.54, 1.807) is 0 Å². The van der Waals surface area contributed by atoms with Gasteiger partial charge >= 0.3 is 0 Å². The molecule has 1 fully saturated rings. The number of hydrogen-bond acceptors (Lipinski definition) is 4. The van der Waals surface area contributed by atoms with Gasteiger partial charge in [-0.25, -0.2) is 0 Å². The third-order valence-electron chi connectivity index (χ3n) is 3.89. The van der Waals surface area contributed by atoms with Crippen LogP contribution in [0.1, 0.15) is 38.2 Å². The largest absolute Gasteiger partial charge is 0.490 e. The van der Waals surface area contributed by atoms with Gasteiger partial charge in [-0.15, -0.1) is 0 Å². The van der Waals surface area contributed by atoms with Crippen molar-refractivity contribution in [1.82, 2.24) is 10.6 Å². The van der Waals surface area contributed by atoms with Crippen LogP contribution in [0.3, 0.4) is 0 Å². The summed E-state index contributed by atoms with van der Waals surface area (Å²) in [4.78, 5) is 4.39. The molecule has 4 heteroatoms. The maximum Gasteiger partial charge on any atom is 0.191 e. The Kier molecular flexibility index (Phi) is 4.09. The summed E-state index contributed by atoms with van der Waals surface area (Å²) in [6.07, 6.45) is 5.44. The van der Waals surface area contributed by atoms with E-state index in [9.17, 15) is 0 Å². The molecular weight excluding hydrogens is 250 g/mol. The first-order valence-corrected chi connectivity index (χ1v) is 7.60. The fraction of sp³-hybridized carbons (Fsp3) is 0.562. The Balaban J connectivity index is 1.48. The molecule has 1 heterocycles. The molecule has 0 aromatic heterocycles. The molecule has 1 unspecified atom stereocenters. The van der Waals surface area contributed by atoms with Crippen molar-refractivity contribution >= 4 is 5.96 Å². The van der Waals surface area contributed by atoms with E-state index in [2.05, 4.69) is 46.8 Å². The Labute approximate surface area is 120 Å². The molecule has 0 saturated heterocycles. The van der Waals surface area contributed by atoms with Crippen molar-refractivity contribution in [3.05, 3.63) is 29.8 Å². The van der Waals surface area contributed by atoms with Crippen LogP contribution in [-0.4, -0.2) is 24.7 Å². The summed E-state index contributed by atoms with van der Waals surface area (Å²) in [5.41, 5.74) is 1.24. The summed E-state index contributed by atoms with van der Waals surface area (Å²) in [7, 11) is 0. The number of ether oxygens (including phenoxy) is 1. The van der Waals surface area contributed by atoms with Crippen molar-refractivity contribution in [3.63, 3.8) is 0 Å². The molecule has 0 bridgehead atoms. The van der Waals surface area contributed by atoms with Crippen molar-refractivity contribution in [1.29, 1.82) is 0 Å².